The van der Waals surface area contributed by atoms with Gasteiger partial charge < -0.3 is 20.7 Å². The normalized spacial score (nSPS) is 12.0. The van der Waals surface area contributed by atoms with Crippen LogP contribution in [0.15, 0.2) is 18.2 Å². The maximum absolute atomic E-state index is 12.2. The SMILES string of the molecule is COCC(CCCN)Nc1cc(Cl)ccc1C(=O)N(C)C. The highest BCUT2D eigenvalue weighted by atomic mass is 35.5. The van der Waals surface area contributed by atoms with Gasteiger partial charge in [0.05, 0.1) is 12.2 Å². The van der Waals surface area contributed by atoms with Gasteiger partial charge in [0.15, 0.2) is 0 Å². The summed E-state index contributed by atoms with van der Waals surface area (Å²) in [6.45, 7) is 1.17. The van der Waals surface area contributed by atoms with Crippen molar-refractivity contribution in [2.45, 2.75) is 18.9 Å². The molecule has 1 unspecified atom stereocenters. The standard InChI is InChI=1S/C15H24ClN3O2/c1-19(2)15(20)13-7-6-11(16)9-14(13)18-12(10-21-3)5-4-8-17/h6-7,9,12,18H,4-5,8,10,17H2,1-3H3. The number of hydrogen-bond acceptors (Lipinski definition) is 4. The Bertz CT molecular complexity index is 466. The molecule has 0 aliphatic carbocycles. The molecule has 1 rings (SSSR count). The molecule has 0 saturated heterocycles. The van der Waals surface area contributed by atoms with E-state index in [0.29, 0.717) is 23.7 Å². The van der Waals surface area contributed by atoms with Crippen molar-refractivity contribution >= 4 is 23.2 Å². The number of nitrogens with zero attached hydrogens (tertiary/aromatic N) is 1. The molecule has 3 N–H and O–H groups in total. The van der Waals surface area contributed by atoms with E-state index in [4.69, 9.17) is 22.1 Å². The topological polar surface area (TPSA) is 67.6 Å². The summed E-state index contributed by atoms with van der Waals surface area (Å²) in [5.74, 6) is -0.0656. The molecule has 118 valence electrons. The quantitative estimate of drug-likeness (QED) is 0.772. The number of halogens is 1. The first-order valence-corrected chi connectivity index (χ1v) is 7.34. The number of amides is 1. The van der Waals surface area contributed by atoms with Crippen molar-refractivity contribution in [2.75, 3.05) is 39.7 Å². The number of methoxy groups -OCH3 is 1. The first-order valence-electron chi connectivity index (χ1n) is 6.96. The first kappa shape index (κ1) is 17.8. The van der Waals surface area contributed by atoms with Crippen molar-refractivity contribution in [3.63, 3.8) is 0 Å². The van der Waals surface area contributed by atoms with Crippen molar-refractivity contribution in [3.8, 4) is 0 Å². The van der Waals surface area contributed by atoms with Gasteiger partial charge in [0.1, 0.15) is 0 Å². The van der Waals surface area contributed by atoms with E-state index < -0.39 is 0 Å². The number of carbonyl (C=O) groups excluding carboxylic acids is 1. The average Bonchev–Trinajstić information content (AvgIpc) is 2.44. The van der Waals surface area contributed by atoms with Crippen LogP contribution in [0.3, 0.4) is 0 Å². The number of rotatable bonds is 8. The zero-order chi connectivity index (χ0) is 15.8. The smallest absolute Gasteiger partial charge is 0.255 e. The van der Waals surface area contributed by atoms with E-state index in [9.17, 15) is 4.79 Å². The lowest BCUT2D eigenvalue weighted by molar-refractivity contribution is 0.0828. The van der Waals surface area contributed by atoms with Crippen LogP contribution in [0.25, 0.3) is 0 Å². The predicted octanol–water partition coefficient (Wildman–Crippen LogP) is 2.21. The molecule has 0 aromatic heterocycles. The third-order valence-corrected chi connectivity index (χ3v) is 3.34. The van der Waals surface area contributed by atoms with E-state index in [1.807, 2.05) is 0 Å². The van der Waals surface area contributed by atoms with Gasteiger partial charge in [-0.05, 0) is 37.6 Å². The lowest BCUT2D eigenvalue weighted by Crippen LogP contribution is -2.28. The van der Waals surface area contributed by atoms with Gasteiger partial charge in [-0.25, -0.2) is 0 Å². The Morgan fingerprint density at radius 3 is 2.76 bits per heavy atom. The molecular formula is C15H24ClN3O2. The summed E-state index contributed by atoms with van der Waals surface area (Å²) in [6, 6.07) is 5.31. The maximum Gasteiger partial charge on any atom is 0.255 e. The van der Waals surface area contributed by atoms with Gasteiger partial charge in [-0.1, -0.05) is 11.6 Å². The third kappa shape index (κ3) is 5.53. The molecule has 1 amide bonds. The van der Waals surface area contributed by atoms with Crippen LogP contribution >= 0.6 is 11.6 Å². The van der Waals surface area contributed by atoms with Crippen LogP contribution in [-0.2, 0) is 4.74 Å². The van der Waals surface area contributed by atoms with Crippen LogP contribution in [0, 0.1) is 0 Å². The zero-order valence-electron chi connectivity index (χ0n) is 12.9. The number of anilines is 1. The molecule has 0 saturated carbocycles. The number of nitrogens with one attached hydrogen (secondary N) is 1. The van der Waals surface area contributed by atoms with Gasteiger partial charge in [-0.3, -0.25) is 4.79 Å². The fourth-order valence-corrected chi connectivity index (χ4v) is 2.22. The Hall–Kier alpha value is -1.30. The van der Waals surface area contributed by atoms with Gasteiger partial charge in [-0.2, -0.15) is 0 Å². The molecule has 6 heteroatoms. The van der Waals surface area contributed by atoms with E-state index in [0.717, 1.165) is 18.5 Å². The van der Waals surface area contributed by atoms with Crippen LogP contribution in [0.4, 0.5) is 5.69 Å². The molecule has 1 atom stereocenters. The zero-order valence-corrected chi connectivity index (χ0v) is 13.6. The van der Waals surface area contributed by atoms with Crippen molar-refractivity contribution < 1.29 is 9.53 Å². The molecule has 0 spiro atoms. The Balaban J connectivity index is 2.97. The van der Waals surface area contributed by atoms with Crippen molar-refractivity contribution in [2.24, 2.45) is 5.73 Å². The Kier molecular flexibility index (Phi) is 7.50. The summed E-state index contributed by atoms with van der Waals surface area (Å²) < 4.78 is 5.22. The van der Waals surface area contributed by atoms with E-state index in [1.54, 1.807) is 44.3 Å². The van der Waals surface area contributed by atoms with Gasteiger partial charge >= 0.3 is 0 Å². The summed E-state index contributed by atoms with van der Waals surface area (Å²) in [6.07, 6.45) is 1.75. The fourth-order valence-electron chi connectivity index (χ4n) is 2.05. The monoisotopic (exact) mass is 313 g/mol. The number of ether oxygens (including phenoxy) is 1. The first-order chi connectivity index (χ1) is 9.99. The molecule has 21 heavy (non-hydrogen) atoms. The summed E-state index contributed by atoms with van der Waals surface area (Å²) in [7, 11) is 5.10. The van der Waals surface area contributed by atoms with E-state index in [1.165, 1.54) is 0 Å². The molecule has 0 bridgehead atoms. The fraction of sp³-hybridized carbons (Fsp3) is 0.533. The maximum atomic E-state index is 12.2. The van der Waals surface area contributed by atoms with Gasteiger partial charge in [0, 0.05) is 38.0 Å². The molecule has 5 nitrogen and oxygen atoms in total. The third-order valence-electron chi connectivity index (χ3n) is 3.10. The van der Waals surface area contributed by atoms with Crippen molar-refractivity contribution in [3.05, 3.63) is 28.8 Å². The lowest BCUT2D eigenvalue weighted by Gasteiger charge is -2.22. The van der Waals surface area contributed by atoms with Crippen LogP contribution < -0.4 is 11.1 Å². The molecular weight excluding hydrogens is 290 g/mol. The minimum Gasteiger partial charge on any atom is -0.383 e. The number of benzene rings is 1. The van der Waals surface area contributed by atoms with Gasteiger partial charge in [0.25, 0.3) is 5.91 Å². The van der Waals surface area contributed by atoms with Gasteiger partial charge in [0.2, 0.25) is 0 Å². The lowest BCUT2D eigenvalue weighted by atomic mass is 10.1. The number of carbonyl (C=O) groups is 1. The Morgan fingerprint density at radius 1 is 1.48 bits per heavy atom. The Labute approximate surface area is 131 Å². The Morgan fingerprint density at radius 2 is 2.19 bits per heavy atom. The largest absolute Gasteiger partial charge is 0.383 e. The van der Waals surface area contributed by atoms with E-state index in [2.05, 4.69) is 5.32 Å². The minimum absolute atomic E-state index is 0.0656. The molecule has 0 fully saturated rings. The molecule has 0 aliphatic rings. The summed E-state index contributed by atoms with van der Waals surface area (Å²) >= 11 is 6.05. The molecule has 0 heterocycles. The van der Waals surface area contributed by atoms with E-state index in [-0.39, 0.29) is 11.9 Å². The minimum atomic E-state index is -0.0656. The van der Waals surface area contributed by atoms with Crippen molar-refractivity contribution in [1.82, 2.24) is 4.90 Å². The highest BCUT2D eigenvalue weighted by Gasteiger charge is 2.16. The summed E-state index contributed by atoms with van der Waals surface area (Å²) in [5, 5.41) is 3.93. The molecule has 1 aromatic rings. The van der Waals surface area contributed by atoms with E-state index >= 15 is 0 Å². The molecule has 0 aliphatic heterocycles. The highest BCUT2D eigenvalue weighted by molar-refractivity contribution is 6.31. The predicted molar refractivity (Wildman–Crippen MR) is 87.0 cm³/mol. The molecule has 1 aromatic carbocycles. The van der Waals surface area contributed by atoms with Crippen LogP contribution in [0.1, 0.15) is 23.2 Å². The number of nitrogens with two attached hydrogens (primary N) is 1. The van der Waals surface area contributed by atoms with Crippen molar-refractivity contribution in [1.29, 1.82) is 0 Å². The second kappa shape index (κ2) is 8.87. The average molecular weight is 314 g/mol. The second-order valence-electron chi connectivity index (χ2n) is 5.12. The van der Waals surface area contributed by atoms with Gasteiger partial charge in [-0.15, -0.1) is 0 Å². The highest BCUT2D eigenvalue weighted by Crippen LogP contribution is 2.23. The molecule has 0 radical (unpaired) electrons. The summed E-state index contributed by atoms with van der Waals surface area (Å²) in [5.41, 5.74) is 6.88. The van der Waals surface area contributed by atoms with Crippen LogP contribution in [-0.4, -0.2) is 51.2 Å². The number of hydrogen-bond donors (Lipinski definition) is 2. The summed E-state index contributed by atoms with van der Waals surface area (Å²) in [4.78, 5) is 13.8. The van der Waals surface area contributed by atoms with Crippen LogP contribution in [0.2, 0.25) is 5.02 Å². The second-order valence-corrected chi connectivity index (χ2v) is 5.55. The van der Waals surface area contributed by atoms with Crippen LogP contribution in [0.5, 0.6) is 0 Å².